The van der Waals surface area contributed by atoms with E-state index in [0.29, 0.717) is 17.1 Å². The van der Waals surface area contributed by atoms with Gasteiger partial charge in [-0.25, -0.2) is 4.79 Å². The number of amides is 2. The molecule has 7 heteroatoms. The van der Waals surface area contributed by atoms with Crippen molar-refractivity contribution in [1.29, 1.82) is 0 Å². The Bertz CT molecular complexity index is 603. The number of nitrogens with one attached hydrogen (secondary N) is 3. The van der Waals surface area contributed by atoms with Crippen molar-refractivity contribution in [3.05, 3.63) is 35.7 Å². The first-order valence-electron chi connectivity index (χ1n) is 5.62. The SMILES string of the molecule is CC(=O)c1ccc(NC(=O)Nc2n[nH]c(C)n2)cc1. The summed E-state index contributed by atoms with van der Waals surface area (Å²) >= 11 is 0. The van der Waals surface area contributed by atoms with E-state index in [1.165, 1.54) is 6.92 Å². The predicted molar refractivity (Wildman–Crippen MR) is 70.2 cm³/mol. The molecule has 0 saturated carbocycles. The summed E-state index contributed by atoms with van der Waals surface area (Å²) in [5.74, 6) is 0.795. The molecule has 0 aliphatic carbocycles. The average Bonchev–Trinajstić information content (AvgIpc) is 2.75. The number of rotatable bonds is 3. The summed E-state index contributed by atoms with van der Waals surface area (Å²) in [6, 6.07) is 6.15. The maximum Gasteiger partial charge on any atom is 0.326 e. The number of H-pyrrole nitrogens is 1. The molecule has 98 valence electrons. The Morgan fingerprint density at radius 3 is 2.37 bits per heavy atom. The van der Waals surface area contributed by atoms with Crippen molar-refractivity contribution < 1.29 is 9.59 Å². The van der Waals surface area contributed by atoms with Crippen LogP contribution < -0.4 is 10.6 Å². The zero-order chi connectivity index (χ0) is 13.8. The minimum atomic E-state index is -0.449. The van der Waals surface area contributed by atoms with Gasteiger partial charge in [-0.2, -0.15) is 4.98 Å². The summed E-state index contributed by atoms with van der Waals surface area (Å²) in [5, 5.41) is 11.5. The van der Waals surface area contributed by atoms with Crippen LogP contribution in [-0.4, -0.2) is 27.0 Å². The van der Waals surface area contributed by atoms with E-state index >= 15 is 0 Å². The van der Waals surface area contributed by atoms with E-state index in [0.717, 1.165) is 0 Å². The Labute approximate surface area is 109 Å². The minimum absolute atomic E-state index is 0.0211. The van der Waals surface area contributed by atoms with Crippen molar-refractivity contribution in [3.8, 4) is 0 Å². The number of aryl methyl sites for hydroxylation is 1. The third-order valence-electron chi connectivity index (χ3n) is 2.37. The molecule has 1 aromatic carbocycles. The first-order chi connectivity index (χ1) is 9.04. The number of hydrogen-bond acceptors (Lipinski definition) is 4. The van der Waals surface area contributed by atoms with Gasteiger partial charge in [0.05, 0.1) is 0 Å². The number of ketones is 1. The minimum Gasteiger partial charge on any atom is -0.308 e. The van der Waals surface area contributed by atoms with Gasteiger partial charge in [-0.05, 0) is 38.1 Å². The molecule has 0 bridgehead atoms. The second-order valence-corrected chi connectivity index (χ2v) is 3.96. The third kappa shape index (κ3) is 3.38. The fourth-order valence-corrected chi connectivity index (χ4v) is 1.45. The Hall–Kier alpha value is -2.70. The standard InChI is InChI=1S/C12H13N5O2/c1-7(18)9-3-5-10(6-4-9)14-12(19)15-11-13-8(2)16-17-11/h3-6H,1-2H3,(H3,13,14,15,16,17,19). The van der Waals surface area contributed by atoms with Crippen molar-refractivity contribution in [2.75, 3.05) is 10.6 Å². The number of benzene rings is 1. The maximum absolute atomic E-state index is 11.6. The third-order valence-corrected chi connectivity index (χ3v) is 2.37. The zero-order valence-corrected chi connectivity index (χ0v) is 10.5. The van der Waals surface area contributed by atoms with E-state index in [1.807, 2.05) is 0 Å². The second kappa shape index (κ2) is 5.30. The van der Waals surface area contributed by atoms with Crippen molar-refractivity contribution >= 4 is 23.5 Å². The van der Waals surface area contributed by atoms with Gasteiger partial charge in [0.25, 0.3) is 0 Å². The largest absolute Gasteiger partial charge is 0.326 e. The van der Waals surface area contributed by atoms with Gasteiger partial charge in [0.15, 0.2) is 5.78 Å². The number of Topliss-reactive ketones (excluding diaryl/α,β-unsaturated/α-hetero) is 1. The molecule has 2 amide bonds. The van der Waals surface area contributed by atoms with Crippen molar-refractivity contribution in [1.82, 2.24) is 15.2 Å². The molecule has 3 N–H and O–H groups in total. The van der Waals surface area contributed by atoms with E-state index in [9.17, 15) is 9.59 Å². The highest BCUT2D eigenvalue weighted by Crippen LogP contribution is 2.10. The van der Waals surface area contributed by atoms with E-state index < -0.39 is 6.03 Å². The van der Waals surface area contributed by atoms with Gasteiger partial charge in [0, 0.05) is 11.3 Å². The molecule has 7 nitrogen and oxygen atoms in total. The summed E-state index contributed by atoms with van der Waals surface area (Å²) in [7, 11) is 0. The summed E-state index contributed by atoms with van der Waals surface area (Å²) < 4.78 is 0. The Kier molecular flexibility index (Phi) is 3.56. The molecule has 19 heavy (non-hydrogen) atoms. The molecule has 0 atom stereocenters. The Morgan fingerprint density at radius 2 is 1.84 bits per heavy atom. The predicted octanol–water partition coefficient (Wildman–Crippen LogP) is 1.96. The van der Waals surface area contributed by atoms with E-state index in [1.54, 1.807) is 31.2 Å². The van der Waals surface area contributed by atoms with Crippen LogP contribution >= 0.6 is 0 Å². The van der Waals surface area contributed by atoms with Crippen molar-refractivity contribution in [2.45, 2.75) is 13.8 Å². The number of carbonyl (C=O) groups excluding carboxylic acids is 2. The number of anilines is 2. The van der Waals surface area contributed by atoms with Crippen LogP contribution in [-0.2, 0) is 0 Å². The van der Waals surface area contributed by atoms with Crippen LogP contribution in [0, 0.1) is 6.92 Å². The van der Waals surface area contributed by atoms with E-state index in [2.05, 4.69) is 25.8 Å². The van der Waals surface area contributed by atoms with Crippen LogP contribution in [0.15, 0.2) is 24.3 Å². The van der Waals surface area contributed by atoms with Gasteiger partial charge < -0.3 is 5.32 Å². The van der Waals surface area contributed by atoms with Crippen LogP contribution in [0.5, 0.6) is 0 Å². The molecular formula is C12H13N5O2. The van der Waals surface area contributed by atoms with Gasteiger partial charge in [-0.3, -0.25) is 15.2 Å². The summed E-state index contributed by atoms with van der Waals surface area (Å²) in [6.45, 7) is 3.22. The lowest BCUT2D eigenvalue weighted by molar-refractivity contribution is 0.101. The molecule has 0 fully saturated rings. The number of aromatic amines is 1. The van der Waals surface area contributed by atoms with E-state index in [-0.39, 0.29) is 11.7 Å². The summed E-state index contributed by atoms with van der Waals surface area (Å²) in [6.07, 6.45) is 0. The number of aromatic nitrogens is 3. The van der Waals surface area contributed by atoms with Crippen molar-refractivity contribution in [3.63, 3.8) is 0 Å². The first-order valence-corrected chi connectivity index (χ1v) is 5.62. The number of hydrogen-bond donors (Lipinski definition) is 3. The zero-order valence-electron chi connectivity index (χ0n) is 10.5. The van der Waals surface area contributed by atoms with E-state index in [4.69, 9.17) is 0 Å². The maximum atomic E-state index is 11.6. The molecule has 0 aliphatic heterocycles. The quantitative estimate of drug-likeness (QED) is 0.733. The molecule has 0 radical (unpaired) electrons. The van der Waals surface area contributed by atoms with Crippen molar-refractivity contribution in [2.24, 2.45) is 0 Å². The van der Waals surface area contributed by atoms with Gasteiger partial charge in [0.1, 0.15) is 5.82 Å². The van der Waals surface area contributed by atoms with Gasteiger partial charge in [-0.15, -0.1) is 5.10 Å². The fraction of sp³-hybridized carbons (Fsp3) is 0.167. The topological polar surface area (TPSA) is 99.8 Å². The average molecular weight is 259 g/mol. The van der Waals surface area contributed by atoms with Gasteiger partial charge in [-0.1, -0.05) is 0 Å². The molecule has 1 heterocycles. The molecule has 2 rings (SSSR count). The molecule has 0 spiro atoms. The van der Waals surface area contributed by atoms with Crippen LogP contribution in [0.25, 0.3) is 0 Å². The normalized spacial score (nSPS) is 10.0. The van der Waals surface area contributed by atoms with Crippen LogP contribution in [0.2, 0.25) is 0 Å². The Morgan fingerprint density at radius 1 is 1.16 bits per heavy atom. The van der Waals surface area contributed by atoms with Crippen LogP contribution in [0.1, 0.15) is 23.1 Å². The first kappa shape index (κ1) is 12.7. The molecule has 2 aromatic rings. The summed E-state index contributed by atoms with van der Waals surface area (Å²) in [5.41, 5.74) is 1.17. The lowest BCUT2D eigenvalue weighted by Gasteiger charge is -2.05. The highest BCUT2D eigenvalue weighted by Gasteiger charge is 2.06. The second-order valence-electron chi connectivity index (χ2n) is 3.96. The lowest BCUT2D eigenvalue weighted by atomic mass is 10.1. The lowest BCUT2D eigenvalue weighted by Crippen LogP contribution is -2.20. The number of urea groups is 1. The smallest absolute Gasteiger partial charge is 0.308 e. The fourth-order valence-electron chi connectivity index (χ4n) is 1.45. The number of nitrogens with zero attached hydrogens (tertiary/aromatic N) is 2. The highest BCUT2D eigenvalue weighted by molar-refractivity contribution is 5.99. The van der Waals surface area contributed by atoms with Gasteiger partial charge >= 0.3 is 6.03 Å². The monoisotopic (exact) mass is 259 g/mol. The highest BCUT2D eigenvalue weighted by atomic mass is 16.2. The molecule has 0 aliphatic rings. The summed E-state index contributed by atoms with van der Waals surface area (Å²) in [4.78, 5) is 26.7. The molecule has 1 aromatic heterocycles. The number of carbonyl (C=O) groups is 2. The Balaban J connectivity index is 1.97. The molecule has 0 saturated heterocycles. The van der Waals surface area contributed by atoms with Crippen LogP contribution in [0.3, 0.4) is 0 Å². The van der Waals surface area contributed by atoms with Crippen LogP contribution in [0.4, 0.5) is 16.4 Å². The molecule has 0 unspecified atom stereocenters. The van der Waals surface area contributed by atoms with Gasteiger partial charge in [0.2, 0.25) is 5.95 Å². The molecular weight excluding hydrogens is 246 g/mol.